The molecule has 2 rings (SSSR count). The van der Waals surface area contributed by atoms with E-state index in [0.717, 1.165) is 44.2 Å². The number of carbonyl (C=O) groups is 1. The molecule has 4 nitrogen and oxygen atoms in total. The second-order valence-corrected chi connectivity index (χ2v) is 5.62. The predicted molar refractivity (Wildman–Crippen MR) is 96.1 cm³/mol. The molecule has 0 spiro atoms. The van der Waals surface area contributed by atoms with Crippen molar-refractivity contribution in [3.8, 4) is 0 Å². The van der Waals surface area contributed by atoms with Gasteiger partial charge < -0.3 is 10.6 Å². The maximum atomic E-state index is 11.9. The first-order valence-corrected chi connectivity index (χ1v) is 7.51. The summed E-state index contributed by atoms with van der Waals surface area (Å²) in [5, 5.41) is 0.776. The van der Waals surface area contributed by atoms with E-state index in [2.05, 4.69) is 11.0 Å². The molecule has 1 aliphatic rings. The van der Waals surface area contributed by atoms with Gasteiger partial charge in [0.1, 0.15) is 0 Å². The van der Waals surface area contributed by atoms with Crippen molar-refractivity contribution in [3.05, 3.63) is 34.9 Å². The van der Waals surface area contributed by atoms with E-state index in [9.17, 15) is 4.79 Å². The molecule has 1 aliphatic heterocycles. The number of nitrogens with two attached hydrogens (primary N) is 1. The van der Waals surface area contributed by atoms with Crippen LogP contribution in [0, 0.1) is 0 Å². The van der Waals surface area contributed by atoms with Crippen molar-refractivity contribution in [1.29, 1.82) is 0 Å². The summed E-state index contributed by atoms with van der Waals surface area (Å²) in [4.78, 5) is 16.2. The molecule has 1 fully saturated rings. The van der Waals surface area contributed by atoms with E-state index >= 15 is 0 Å². The van der Waals surface area contributed by atoms with Gasteiger partial charge in [0.2, 0.25) is 5.91 Å². The molecule has 1 aromatic carbocycles. The third-order valence-electron chi connectivity index (χ3n) is 3.61. The summed E-state index contributed by atoms with van der Waals surface area (Å²) in [6, 6.07) is 7.95. The monoisotopic (exact) mass is 367 g/mol. The fourth-order valence-corrected chi connectivity index (χ4v) is 2.67. The minimum Gasteiger partial charge on any atom is -0.340 e. The molecule has 0 atom stereocenters. The van der Waals surface area contributed by atoms with Crippen molar-refractivity contribution in [3.63, 3.8) is 0 Å². The summed E-state index contributed by atoms with van der Waals surface area (Å²) >= 11 is 5.99. The van der Waals surface area contributed by atoms with E-state index < -0.39 is 0 Å². The van der Waals surface area contributed by atoms with E-state index in [4.69, 9.17) is 17.3 Å². The Kier molecular flexibility index (Phi) is 10.8. The number of nitrogens with zero attached hydrogens (tertiary/aromatic N) is 2. The fourth-order valence-electron chi connectivity index (χ4n) is 2.46. The maximum absolute atomic E-state index is 11.9. The number of hydrogen-bond acceptors (Lipinski definition) is 3. The SMILES string of the molecule is Cl.Cl.NCCCC(=O)N1CCN(Cc2cccc(Cl)c2)CC1. The largest absolute Gasteiger partial charge is 0.340 e. The van der Waals surface area contributed by atoms with Crippen molar-refractivity contribution in [2.24, 2.45) is 5.73 Å². The number of carbonyl (C=O) groups excluding carboxylic acids is 1. The lowest BCUT2D eigenvalue weighted by molar-refractivity contribution is -0.133. The zero-order valence-corrected chi connectivity index (χ0v) is 14.9. The van der Waals surface area contributed by atoms with Gasteiger partial charge in [-0.3, -0.25) is 9.69 Å². The summed E-state index contributed by atoms with van der Waals surface area (Å²) in [5.41, 5.74) is 6.66. The highest BCUT2D eigenvalue weighted by Gasteiger charge is 2.20. The van der Waals surface area contributed by atoms with Crippen LogP contribution in [0.4, 0.5) is 0 Å². The zero-order chi connectivity index (χ0) is 14.4. The fraction of sp³-hybridized carbons (Fsp3) is 0.533. The molecule has 0 radical (unpaired) electrons. The molecule has 0 aromatic heterocycles. The molecule has 0 bridgehead atoms. The number of hydrogen-bond donors (Lipinski definition) is 1. The molecular weight excluding hydrogens is 345 g/mol. The summed E-state index contributed by atoms with van der Waals surface area (Å²) < 4.78 is 0. The third-order valence-corrected chi connectivity index (χ3v) is 3.85. The average molecular weight is 369 g/mol. The number of rotatable bonds is 5. The second kappa shape index (κ2) is 11.1. The Morgan fingerprint density at radius 1 is 1.18 bits per heavy atom. The summed E-state index contributed by atoms with van der Waals surface area (Å²) in [6.45, 7) is 4.93. The molecule has 1 saturated heterocycles. The minimum absolute atomic E-state index is 0. The van der Waals surface area contributed by atoms with Crippen molar-refractivity contribution in [2.75, 3.05) is 32.7 Å². The molecule has 2 N–H and O–H groups in total. The van der Waals surface area contributed by atoms with E-state index in [1.165, 1.54) is 5.56 Å². The number of piperazine rings is 1. The van der Waals surface area contributed by atoms with Crippen LogP contribution < -0.4 is 5.73 Å². The number of halogens is 3. The van der Waals surface area contributed by atoms with Crippen LogP contribution in [0.3, 0.4) is 0 Å². The smallest absolute Gasteiger partial charge is 0.222 e. The normalized spacial score (nSPS) is 14.9. The number of amides is 1. The van der Waals surface area contributed by atoms with Gasteiger partial charge in [0.25, 0.3) is 0 Å². The van der Waals surface area contributed by atoms with Gasteiger partial charge in [-0.1, -0.05) is 23.7 Å². The summed E-state index contributed by atoms with van der Waals surface area (Å²) in [6.07, 6.45) is 1.35. The van der Waals surface area contributed by atoms with Crippen molar-refractivity contribution >= 4 is 42.3 Å². The van der Waals surface area contributed by atoms with E-state index in [1.807, 2.05) is 23.1 Å². The first-order valence-electron chi connectivity index (χ1n) is 7.13. The Balaban J connectivity index is 0.00000220. The maximum Gasteiger partial charge on any atom is 0.222 e. The average Bonchev–Trinajstić information content (AvgIpc) is 2.45. The quantitative estimate of drug-likeness (QED) is 0.869. The molecule has 1 aromatic rings. The lowest BCUT2D eigenvalue weighted by Gasteiger charge is -2.34. The lowest BCUT2D eigenvalue weighted by atomic mass is 10.2. The Morgan fingerprint density at radius 3 is 2.45 bits per heavy atom. The van der Waals surface area contributed by atoms with Gasteiger partial charge in [-0.2, -0.15) is 0 Å². The van der Waals surface area contributed by atoms with Gasteiger partial charge in [0, 0.05) is 44.2 Å². The highest BCUT2D eigenvalue weighted by Crippen LogP contribution is 2.14. The first-order chi connectivity index (χ1) is 9.69. The van der Waals surface area contributed by atoms with Crippen LogP contribution in [-0.4, -0.2) is 48.4 Å². The highest BCUT2D eigenvalue weighted by molar-refractivity contribution is 6.30. The molecular formula is C15H24Cl3N3O. The van der Waals surface area contributed by atoms with Gasteiger partial charge >= 0.3 is 0 Å². The van der Waals surface area contributed by atoms with Crippen molar-refractivity contribution in [1.82, 2.24) is 9.80 Å². The second-order valence-electron chi connectivity index (χ2n) is 5.18. The van der Waals surface area contributed by atoms with Crippen LogP contribution >= 0.6 is 36.4 Å². The zero-order valence-electron chi connectivity index (χ0n) is 12.5. The Labute approximate surface area is 149 Å². The molecule has 0 aliphatic carbocycles. The van der Waals surface area contributed by atoms with E-state index in [0.29, 0.717) is 13.0 Å². The predicted octanol–water partition coefficient (Wildman–Crippen LogP) is 2.57. The van der Waals surface area contributed by atoms with Crippen LogP contribution in [0.15, 0.2) is 24.3 Å². The molecule has 0 saturated carbocycles. The van der Waals surface area contributed by atoms with Gasteiger partial charge in [-0.15, -0.1) is 24.8 Å². The summed E-state index contributed by atoms with van der Waals surface area (Å²) in [5.74, 6) is 0.234. The first kappa shape index (κ1) is 21.5. The Bertz CT molecular complexity index is 451. The van der Waals surface area contributed by atoms with Crippen LogP contribution in [0.2, 0.25) is 5.02 Å². The number of benzene rings is 1. The topological polar surface area (TPSA) is 49.6 Å². The minimum atomic E-state index is 0. The molecule has 22 heavy (non-hydrogen) atoms. The molecule has 0 unspecified atom stereocenters. The van der Waals surface area contributed by atoms with E-state index in [1.54, 1.807) is 0 Å². The van der Waals surface area contributed by atoms with Crippen molar-refractivity contribution < 1.29 is 4.79 Å². The Morgan fingerprint density at radius 2 is 1.86 bits per heavy atom. The summed E-state index contributed by atoms with van der Waals surface area (Å²) in [7, 11) is 0. The van der Waals surface area contributed by atoms with E-state index in [-0.39, 0.29) is 30.7 Å². The van der Waals surface area contributed by atoms with Crippen LogP contribution in [0.1, 0.15) is 18.4 Å². The Hall–Kier alpha value is -0.520. The van der Waals surface area contributed by atoms with Gasteiger partial charge in [0.05, 0.1) is 0 Å². The third kappa shape index (κ3) is 6.71. The van der Waals surface area contributed by atoms with Gasteiger partial charge in [-0.05, 0) is 30.7 Å². The van der Waals surface area contributed by atoms with Crippen LogP contribution in [0.5, 0.6) is 0 Å². The lowest BCUT2D eigenvalue weighted by Crippen LogP contribution is -2.48. The molecule has 1 heterocycles. The molecule has 7 heteroatoms. The van der Waals surface area contributed by atoms with Crippen LogP contribution in [-0.2, 0) is 11.3 Å². The highest BCUT2D eigenvalue weighted by atomic mass is 35.5. The van der Waals surface area contributed by atoms with Gasteiger partial charge in [0.15, 0.2) is 0 Å². The van der Waals surface area contributed by atoms with Gasteiger partial charge in [-0.25, -0.2) is 0 Å². The molecule has 1 amide bonds. The van der Waals surface area contributed by atoms with Crippen LogP contribution in [0.25, 0.3) is 0 Å². The molecule has 126 valence electrons. The van der Waals surface area contributed by atoms with Crippen molar-refractivity contribution in [2.45, 2.75) is 19.4 Å². The standard InChI is InChI=1S/C15H22ClN3O.2ClH/c16-14-4-1-3-13(11-14)12-18-7-9-19(10-8-18)15(20)5-2-6-17;;/h1,3-4,11H,2,5-10,12,17H2;2*1H.